The van der Waals surface area contributed by atoms with E-state index in [9.17, 15) is 0 Å². The van der Waals surface area contributed by atoms with Gasteiger partial charge in [-0.05, 0) is 37.3 Å². The molecule has 0 saturated carbocycles. The summed E-state index contributed by atoms with van der Waals surface area (Å²) in [4.78, 5) is 17.9. The van der Waals surface area contributed by atoms with Gasteiger partial charge in [0.2, 0.25) is 5.95 Å². The van der Waals surface area contributed by atoms with Crippen molar-refractivity contribution in [2.24, 2.45) is 16.3 Å². The number of piperazine rings is 1. The van der Waals surface area contributed by atoms with Gasteiger partial charge in [0.1, 0.15) is 0 Å². The number of rotatable bonds is 7. The fourth-order valence-corrected chi connectivity index (χ4v) is 4.59. The molecule has 9 heteroatoms. The molecule has 32 heavy (non-hydrogen) atoms. The Balaban J connectivity index is 0.00000363. The van der Waals surface area contributed by atoms with E-state index in [1.165, 1.54) is 6.42 Å². The molecule has 0 aliphatic carbocycles. The molecule has 0 amide bonds. The fraction of sp³-hybridized carbons (Fsp3) is 0.783. The largest absolute Gasteiger partial charge is 0.377 e. The summed E-state index contributed by atoms with van der Waals surface area (Å²) in [7, 11) is 1.85. The van der Waals surface area contributed by atoms with Crippen molar-refractivity contribution in [1.29, 1.82) is 0 Å². The lowest BCUT2D eigenvalue weighted by Gasteiger charge is -2.40. The molecule has 1 aromatic heterocycles. The number of halogens is 1. The van der Waals surface area contributed by atoms with E-state index in [2.05, 4.69) is 56.2 Å². The number of nitrogens with zero attached hydrogens (tertiary/aromatic N) is 5. The van der Waals surface area contributed by atoms with Gasteiger partial charge in [0.05, 0.1) is 6.10 Å². The Bertz CT molecular complexity index is 675. The van der Waals surface area contributed by atoms with Crippen LogP contribution in [0.2, 0.25) is 0 Å². The van der Waals surface area contributed by atoms with Crippen LogP contribution >= 0.6 is 24.0 Å². The van der Waals surface area contributed by atoms with E-state index < -0.39 is 0 Å². The first kappa shape index (κ1) is 27.0. The maximum atomic E-state index is 6.11. The van der Waals surface area contributed by atoms with Gasteiger partial charge in [0.15, 0.2) is 5.96 Å². The predicted molar refractivity (Wildman–Crippen MR) is 142 cm³/mol. The Hall–Kier alpha value is -1.20. The molecule has 8 nitrogen and oxygen atoms in total. The lowest BCUT2D eigenvalue weighted by atomic mass is 9.78. The van der Waals surface area contributed by atoms with Gasteiger partial charge < -0.3 is 20.3 Å². The smallest absolute Gasteiger partial charge is 0.225 e. The second-order valence-electron chi connectivity index (χ2n) is 9.67. The van der Waals surface area contributed by atoms with Gasteiger partial charge in [-0.2, -0.15) is 0 Å². The van der Waals surface area contributed by atoms with Crippen LogP contribution in [0.1, 0.15) is 40.0 Å². The van der Waals surface area contributed by atoms with E-state index in [1.807, 2.05) is 25.5 Å². The summed E-state index contributed by atoms with van der Waals surface area (Å²) in [5.41, 5.74) is 0.167. The number of aromatic nitrogens is 2. The molecule has 182 valence electrons. The van der Waals surface area contributed by atoms with Crippen LogP contribution in [0.3, 0.4) is 0 Å². The van der Waals surface area contributed by atoms with E-state index in [0.29, 0.717) is 12.0 Å². The minimum Gasteiger partial charge on any atom is -0.377 e. The van der Waals surface area contributed by atoms with Gasteiger partial charge in [-0.15, -0.1) is 24.0 Å². The van der Waals surface area contributed by atoms with Gasteiger partial charge in [-0.1, -0.05) is 20.8 Å². The molecule has 0 radical (unpaired) electrons. The molecule has 2 aliphatic heterocycles. The molecular weight excluding hydrogens is 517 g/mol. The number of anilines is 1. The van der Waals surface area contributed by atoms with Gasteiger partial charge in [-0.3, -0.25) is 9.89 Å². The van der Waals surface area contributed by atoms with E-state index in [1.54, 1.807) is 0 Å². The van der Waals surface area contributed by atoms with Crippen molar-refractivity contribution in [1.82, 2.24) is 25.5 Å². The third-order valence-electron chi connectivity index (χ3n) is 6.20. The van der Waals surface area contributed by atoms with Crippen molar-refractivity contribution in [3.63, 3.8) is 0 Å². The number of guanidine groups is 1. The lowest BCUT2D eigenvalue weighted by molar-refractivity contribution is -0.0835. The highest BCUT2D eigenvalue weighted by Gasteiger charge is 2.35. The maximum Gasteiger partial charge on any atom is 0.225 e. The Kier molecular flexibility index (Phi) is 11.4. The zero-order valence-corrected chi connectivity index (χ0v) is 22.5. The lowest BCUT2D eigenvalue weighted by Crippen LogP contribution is -2.48. The molecule has 0 spiro atoms. The fourth-order valence-electron chi connectivity index (χ4n) is 4.59. The van der Waals surface area contributed by atoms with Gasteiger partial charge in [-0.25, -0.2) is 9.97 Å². The van der Waals surface area contributed by atoms with Crippen LogP contribution in [0.4, 0.5) is 5.95 Å². The van der Waals surface area contributed by atoms with Crippen molar-refractivity contribution in [2.75, 3.05) is 64.4 Å². The summed E-state index contributed by atoms with van der Waals surface area (Å²) >= 11 is 0. The Morgan fingerprint density at radius 3 is 2.53 bits per heavy atom. The standard InChI is InChI=1S/C23H41N7O.HI/c1-23(2,3)20-19(8-5-17-31-20)18-28-21(24-4)25-11-7-12-29-13-15-30(16-14-29)22-26-9-6-10-27-22;/h6,9-10,19-20H,5,7-8,11-18H2,1-4H3,(H2,24,25,28);1H. The molecule has 2 saturated heterocycles. The Morgan fingerprint density at radius 1 is 1.16 bits per heavy atom. The number of aliphatic imine (C=N–C) groups is 1. The summed E-state index contributed by atoms with van der Waals surface area (Å²) in [6.45, 7) is 14.7. The number of hydrogen-bond acceptors (Lipinski definition) is 6. The number of hydrogen-bond donors (Lipinski definition) is 2. The molecule has 0 aromatic carbocycles. The van der Waals surface area contributed by atoms with Gasteiger partial charge in [0, 0.05) is 71.2 Å². The SMILES string of the molecule is CN=C(NCCCN1CCN(c2ncccn2)CC1)NCC1CCCOC1C(C)(C)C.I. The Labute approximate surface area is 211 Å². The summed E-state index contributed by atoms with van der Waals surface area (Å²) in [5.74, 6) is 2.26. The molecule has 3 heterocycles. The second kappa shape index (κ2) is 13.5. The summed E-state index contributed by atoms with van der Waals surface area (Å²) in [6.07, 6.45) is 7.38. The van der Waals surface area contributed by atoms with Crippen LogP contribution in [0.5, 0.6) is 0 Å². The van der Waals surface area contributed by atoms with E-state index >= 15 is 0 Å². The first-order valence-electron chi connectivity index (χ1n) is 11.8. The molecule has 2 atom stereocenters. The Morgan fingerprint density at radius 2 is 1.88 bits per heavy atom. The molecule has 3 rings (SSSR count). The van der Waals surface area contributed by atoms with Crippen LogP contribution < -0.4 is 15.5 Å². The number of nitrogens with one attached hydrogen (secondary N) is 2. The van der Waals surface area contributed by atoms with E-state index in [4.69, 9.17) is 4.74 Å². The summed E-state index contributed by atoms with van der Waals surface area (Å²) < 4.78 is 6.11. The van der Waals surface area contributed by atoms with Crippen molar-refractivity contribution in [2.45, 2.75) is 46.1 Å². The summed E-state index contributed by atoms with van der Waals surface area (Å²) in [5, 5.41) is 7.01. The predicted octanol–water partition coefficient (Wildman–Crippen LogP) is 2.61. The molecule has 2 N–H and O–H groups in total. The normalized spacial score (nSPS) is 22.9. The average molecular weight is 560 g/mol. The van der Waals surface area contributed by atoms with Crippen LogP contribution in [-0.2, 0) is 4.74 Å². The van der Waals surface area contributed by atoms with Crippen LogP contribution in [-0.4, -0.2) is 86.4 Å². The van der Waals surface area contributed by atoms with Crippen LogP contribution in [0.15, 0.2) is 23.5 Å². The van der Waals surface area contributed by atoms with Crippen molar-refractivity contribution >= 4 is 35.9 Å². The molecule has 2 fully saturated rings. The third-order valence-corrected chi connectivity index (χ3v) is 6.20. The van der Waals surface area contributed by atoms with Gasteiger partial charge in [0.25, 0.3) is 0 Å². The first-order valence-corrected chi connectivity index (χ1v) is 11.8. The minimum absolute atomic E-state index is 0. The zero-order chi connectivity index (χ0) is 22.1. The van der Waals surface area contributed by atoms with Crippen LogP contribution in [0.25, 0.3) is 0 Å². The molecule has 2 unspecified atom stereocenters. The van der Waals surface area contributed by atoms with Crippen molar-refractivity contribution in [3.8, 4) is 0 Å². The monoisotopic (exact) mass is 559 g/mol. The highest BCUT2D eigenvalue weighted by atomic mass is 127. The second-order valence-corrected chi connectivity index (χ2v) is 9.67. The van der Waals surface area contributed by atoms with E-state index in [-0.39, 0.29) is 29.4 Å². The first-order chi connectivity index (χ1) is 15.0. The maximum absolute atomic E-state index is 6.11. The highest BCUT2D eigenvalue weighted by molar-refractivity contribution is 14.0. The zero-order valence-electron chi connectivity index (χ0n) is 20.2. The number of ether oxygens (including phenoxy) is 1. The average Bonchev–Trinajstić information content (AvgIpc) is 2.79. The van der Waals surface area contributed by atoms with Crippen molar-refractivity contribution < 1.29 is 4.74 Å². The van der Waals surface area contributed by atoms with Crippen molar-refractivity contribution in [3.05, 3.63) is 18.5 Å². The summed E-state index contributed by atoms with van der Waals surface area (Å²) in [6, 6.07) is 1.86. The minimum atomic E-state index is 0. The quantitative estimate of drug-likeness (QED) is 0.230. The molecule has 1 aromatic rings. The molecular formula is C23H42IN7O. The molecule has 2 aliphatic rings. The van der Waals surface area contributed by atoms with E-state index in [0.717, 1.165) is 77.2 Å². The van der Waals surface area contributed by atoms with Crippen LogP contribution in [0, 0.1) is 11.3 Å². The third kappa shape index (κ3) is 8.30. The topological polar surface area (TPSA) is 77.9 Å². The molecule has 0 bridgehead atoms. The highest BCUT2D eigenvalue weighted by Crippen LogP contribution is 2.33. The van der Waals surface area contributed by atoms with Gasteiger partial charge >= 0.3 is 0 Å².